The first-order valence-corrected chi connectivity index (χ1v) is 5.80. The van der Waals surface area contributed by atoms with Crippen LogP contribution in [0.5, 0.6) is 0 Å². The molecule has 1 saturated heterocycles. The number of aliphatic carboxylic acids is 1. The number of nitrogens with zero attached hydrogens (tertiary/aromatic N) is 1. The van der Waals surface area contributed by atoms with Crippen LogP contribution in [0.1, 0.15) is 32.1 Å². The number of aliphatic hydroxyl groups is 1. The van der Waals surface area contributed by atoms with Gasteiger partial charge in [-0.15, -0.1) is 0 Å². The van der Waals surface area contributed by atoms with Crippen LogP contribution >= 0.6 is 0 Å². The number of hydrogen-bond donors (Lipinski definition) is 2. The van der Waals surface area contributed by atoms with Gasteiger partial charge in [-0.05, 0) is 18.8 Å². The molecule has 0 bridgehead atoms. The summed E-state index contributed by atoms with van der Waals surface area (Å²) in [7, 11) is 0. The van der Waals surface area contributed by atoms with Crippen molar-refractivity contribution >= 4 is 5.97 Å². The van der Waals surface area contributed by atoms with E-state index in [1.807, 2.05) is 0 Å². The largest absolute Gasteiger partial charge is 0.481 e. The van der Waals surface area contributed by atoms with Gasteiger partial charge in [-0.25, -0.2) is 0 Å². The molecule has 2 rings (SSSR count). The Hall–Kier alpha value is -0.610. The maximum atomic E-state index is 10.5. The van der Waals surface area contributed by atoms with E-state index >= 15 is 0 Å². The van der Waals surface area contributed by atoms with Crippen molar-refractivity contribution in [1.29, 1.82) is 0 Å². The van der Waals surface area contributed by atoms with E-state index in [1.165, 1.54) is 6.42 Å². The number of carbonyl (C=O) groups is 1. The van der Waals surface area contributed by atoms with Gasteiger partial charge in [-0.1, -0.05) is 12.8 Å². The summed E-state index contributed by atoms with van der Waals surface area (Å²) < 4.78 is 0. The molecule has 2 unspecified atom stereocenters. The van der Waals surface area contributed by atoms with E-state index in [4.69, 9.17) is 5.11 Å². The zero-order valence-corrected chi connectivity index (χ0v) is 8.93. The first-order valence-electron chi connectivity index (χ1n) is 5.80. The highest BCUT2D eigenvalue weighted by Crippen LogP contribution is 2.29. The molecule has 4 heteroatoms. The molecule has 2 atom stereocenters. The van der Waals surface area contributed by atoms with Gasteiger partial charge >= 0.3 is 5.97 Å². The number of rotatable bonds is 3. The molecular weight excluding hydrogens is 194 g/mol. The van der Waals surface area contributed by atoms with Crippen LogP contribution in [0.4, 0.5) is 0 Å². The predicted octanol–water partition coefficient (Wildman–Crippen LogP) is 0.696. The zero-order chi connectivity index (χ0) is 10.8. The van der Waals surface area contributed by atoms with Gasteiger partial charge in [0.2, 0.25) is 0 Å². The van der Waals surface area contributed by atoms with Crippen LogP contribution in [-0.2, 0) is 4.79 Å². The van der Waals surface area contributed by atoms with Crippen molar-refractivity contribution < 1.29 is 15.0 Å². The smallest absolute Gasteiger partial charge is 0.303 e. The number of likely N-dealkylation sites (tertiary alicyclic amines) is 1. The van der Waals surface area contributed by atoms with Gasteiger partial charge in [0.1, 0.15) is 0 Å². The van der Waals surface area contributed by atoms with Crippen LogP contribution in [0.3, 0.4) is 0 Å². The topological polar surface area (TPSA) is 60.8 Å². The second-order valence-corrected chi connectivity index (χ2v) is 4.84. The summed E-state index contributed by atoms with van der Waals surface area (Å²) in [6, 6.07) is 0.295. The average molecular weight is 213 g/mol. The van der Waals surface area contributed by atoms with Crippen LogP contribution in [0.25, 0.3) is 0 Å². The van der Waals surface area contributed by atoms with Gasteiger partial charge in [-0.2, -0.15) is 0 Å². The molecule has 1 saturated carbocycles. The second-order valence-electron chi connectivity index (χ2n) is 4.84. The van der Waals surface area contributed by atoms with Gasteiger partial charge in [0, 0.05) is 19.1 Å². The van der Waals surface area contributed by atoms with Crippen molar-refractivity contribution in [2.75, 3.05) is 13.1 Å². The minimum atomic E-state index is -0.705. The molecule has 2 aliphatic rings. The lowest BCUT2D eigenvalue weighted by atomic mass is 9.86. The van der Waals surface area contributed by atoms with Crippen molar-refractivity contribution in [1.82, 2.24) is 4.90 Å². The number of aliphatic hydroxyl groups excluding tert-OH is 1. The lowest BCUT2D eigenvalue weighted by Crippen LogP contribution is -2.57. The Morgan fingerprint density at radius 1 is 1.27 bits per heavy atom. The summed E-state index contributed by atoms with van der Waals surface area (Å²) in [5, 5.41) is 18.4. The first kappa shape index (κ1) is 10.9. The highest BCUT2D eigenvalue weighted by Gasteiger charge is 2.37. The molecule has 4 nitrogen and oxygen atoms in total. The summed E-state index contributed by atoms with van der Waals surface area (Å²) in [6.07, 6.45) is 4.39. The summed E-state index contributed by atoms with van der Waals surface area (Å²) in [6.45, 7) is 1.71. The zero-order valence-electron chi connectivity index (χ0n) is 8.93. The van der Waals surface area contributed by atoms with Crippen LogP contribution in [-0.4, -0.2) is 46.3 Å². The van der Waals surface area contributed by atoms with Crippen molar-refractivity contribution in [2.45, 2.75) is 44.2 Å². The average Bonchev–Trinajstić information content (AvgIpc) is 2.12. The van der Waals surface area contributed by atoms with Gasteiger partial charge in [0.25, 0.3) is 0 Å². The van der Waals surface area contributed by atoms with E-state index in [9.17, 15) is 9.90 Å². The molecule has 0 amide bonds. The van der Waals surface area contributed by atoms with Crippen molar-refractivity contribution in [3.8, 4) is 0 Å². The molecule has 1 aliphatic heterocycles. The minimum absolute atomic E-state index is 0.190. The van der Waals surface area contributed by atoms with E-state index in [-0.39, 0.29) is 12.5 Å². The molecule has 0 aromatic carbocycles. The van der Waals surface area contributed by atoms with Crippen LogP contribution in [0.2, 0.25) is 0 Å². The number of hydrogen-bond acceptors (Lipinski definition) is 3. The van der Waals surface area contributed by atoms with E-state index < -0.39 is 5.97 Å². The molecule has 0 aromatic heterocycles. The molecule has 0 aromatic rings. The van der Waals surface area contributed by atoms with Crippen molar-refractivity contribution in [2.24, 2.45) is 5.92 Å². The molecular formula is C11H19NO3. The predicted molar refractivity (Wildman–Crippen MR) is 55.6 cm³/mol. The summed E-state index contributed by atoms with van der Waals surface area (Å²) in [4.78, 5) is 12.7. The van der Waals surface area contributed by atoms with Crippen LogP contribution in [0, 0.1) is 5.92 Å². The molecule has 0 radical (unpaired) electrons. The molecule has 86 valence electrons. The van der Waals surface area contributed by atoms with Gasteiger partial charge in [0.15, 0.2) is 0 Å². The Balaban J connectivity index is 1.75. The third kappa shape index (κ3) is 2.49. The first-order chi connectivity index (χ1) is 7.16. The summed E-state index contributed by atoms with van der Waals surface area (Å²) in [5.74, 6) is -0.402. The SMILES string of the molecule is O=C(O)CC1CN(C2CCCCC2O)C1. The van der Waals surface area contributed by atoms with Crippen molar-refractivity contribution in [3.63, 3.8) is 0 Å². The summed E-state index contributed by atoms with van der Waals surface area (Å²) >= 11 is 0. The Morgan fingerprint density at radius 2 is 1.93 bits per heavy atom. The van der Waals surface area contributed by atoms with Gasteiger partial charge in [-0.3, -0.25) is 9.69 Å². The van der Waals surface area contributed by atoms with E-state index in [2.05, 4.69) is 4.90 Å². The highest BCUT2D eigenvalue weighted by molar-refractivity contribution is 5.67. The van der Waals surface area contributed by atoms with Gasteiger partial charge in [0.05, 0.1) is 12.5 Å². The Bertz CT molecular complexity index is 238. The minimum Gasteiger partial charge on any atom is -0.481 e. The lowest BCUT2D eigenvalue weighted by molar-refractivity contribution is -0.140. The Labute approximate surface area is 89.9 Å². The monoisotopic (exact) mass is 213 g/mol. The highest BCUT2D eigenvalue weighted by atomic mass is 16.4. The van der Waals surface area contributed by atoms with Crippen LogP contribution in [0.15, 0.2) is 0 Å². The second kappa shape index (κ2) is 4.49. The fourth-order valence-electron chi connectivity index (χ4n) is 2.77. The van der Waals surface area contributed by atoms with Crippen LogP contribution < -0.4 is 0 Å². The molecule has 2 fully saturated rings. The maximum Gasteiger partial charge on any atom is 0.303 e. The molecule has 0 spiro atoms. The van der Waals surface area contributed by atoms with E-state index in [0.717, 1.165) is 32.4 Å². The maximum absolute atomic E-state index is 10.5. The number of carboxylic acid groups (broad SMARTS) is 1. The molecule has 15 heavy (non-hydrogen) atoms. The lowest BCUT2D eigenvalue weighted by Gasteiger charge is -2.47. The van der Waals surface area contributed by atoms with Gasteiger partial charge < -0.3 is 10.2 Å². The third-order valence-electron chi connectivity index (χ3n) is 3.61. The fraction of sp³-hybridized carbons (Fsp3) is 0.909. The third-order valence-corrected chi connectivity index (χ3v) is 3.61. The number of carboxylic acids is 1. The Morgan fingerprint density at radius 3 is 2.53 bits per heavy atom. The fourth-order valence-corrected chi connectivity index (χ4v) is 2.77. The normalized spacial score (nSPS) is 33.7. The standard InChI is InChI=1S/C11H19NO3/c13-10-4-2-1-3-9(10)12-6-8(7-12)5-11(14)15/h8-10,13H,1-7H2,(H,14,15). The van der Waals surface area contributed by atoms with E-state index in [1.54, 1.807) is 0 Å². The Kier molecular flexibility index (Phi) is 3.26. The molecule has 1 aliphatic carbocycles. The molecule has 1 heterocycles. The van der Waals surface area contributed by atoms with Crippen molar-refractivity contribution in [3.05, 3.63) is 0 Å². The summed E-state index contributed by atoms with van der Waals surface area (Å²) in [5.41, 5.74) is 0. The molecule has 2 N–H and O–H groups in total. The quantitative estimate of drug-likeness (QED) is 0.724. The van der Waals surface area contributed by atoms with E-state index in [0.29, 0.717) is 12.0 Å².